The molecule has 3 nitrogen and oxygen atoms in total. The summed E-state index contributed by atoms with van der Waals surface area (Å²) in [6, 6.07) is 4.13. The minimum atomic E-state index is -0.474. The van der Waals surface area contributed by atoms with Crippen LogP contribution in [-0.4, -0.2) is 18.6 Å². The molecule has 0 unspecified atom stereocenters. The van der Waals surface area contributed by atoms with Crippen LogP contribution in [0.3, 0.4) is 0 Å². The van der Waals surface area contributed by atoms with Gasteiger partial charge in [-0.15, -0.1) is 0 Å². The van der Waals surface area contributed by atoms with Gasteiger partial charge >= 0.3 is 0 Å². The Morgan fingerprint density at radius 1 is 1.22 bits per heavy atom. The maximum atomic E-state index is 12.3. The first-order valence-electron chi connectivity index (χ1n) is 8.91. The zero-order valence-electron chi connectivity index (χ0n) is 15.7. The highest BCUT2D eigenvalue weighted by atomic mass is 16.5. The summed E-state index contributed by atoms with van der Waals surface area (Å²) in [6.07, 6.45) is 4.24. The van der Waals surface area contributed by atoms with Crippen molar-refractivity contribution in [3.8, 4) is 5.75 Å². The van der Waals surface area contributed by atoms with Gasteiger partial charge in [0.15, 0.2) is 6.10 Å². The lowest BCUT2D eigenvalue weighted by molar-refractivity contribution is -0.127. The third kappa shape index (κ3) is 6.25. The van der Waals surface area contributed by atoms with Crippen LogP contribution in [-0.2, 0) is 4.79 Å². The van der Waals surface area contributed by atoms with E-state index in [1.165, 1.54) is 24.8 Å². The van der Waals surface area contributed by atoms with Gasteiger partial charge < -0.3 is 10.1 Å². The summed E-state index contributed by atoms with van der Waals surface area (Å²) in [4.78, 5) is 12.3. The molecule has 0 aliphatic rings. The average Bonchev–Trinajstić information content (AvgIpc) is 2.51. The van der Waals surface area contributed by atoms with Crippen molar-refractivity contribution in [2.75, 3.05) is 6.54 Å². The average molecular weight is 319 g/mol. The number of unbranched alkanes of at least 4 members (excludes halogenated alkanes) is 1. The van der Waals surface area contributed by atoms with E-state index in [1.807, 2.05) is 26.8 Å². The minimum absolute atomic E-state index is 0.0292. The lowest BCUT2D eigenvalue weighted by atomic mass is 9.99. The molecule has 0 fully saturated rings. The van der Waals surface area contributed by atoms with Crippen molar-refractivity contribution < 1.29 is 9.53 Å². The van der Waals surface area contributed by atoms with E-state index >= 15 is 0 Å². The Labute approximate surface area is 141 Å². The number of ether oxygens (including phenoxy) is 1. The lowest BCUT2D eigenvalue weighted by Gasteiger charge is -2.20. The molecule has 0 saturated carbocycles. The number of carbonyl (C=O) groups excluding carboxylic acids is 1. The van der Waals surface area contributed by atoms with Crippen molar-refractivity contribution >= 4 is 5.91 Å². The molecular formula is C20H33NO2. The molecule has 23 heavy (non-hydrogen) atoms. The number of hydrogen-bond acceptors (Lipinski definition) is 2. The smallest absolute Gasteiger partial charge is 0.260 e. The van der Waals surface area contributed by atoms with E-state index in [4.69, 9.17) is 4.74 Å². The van der Waals surface area contributed by atoms with E-state index in [-0.39, 0.29) is 5.91 Å². The molecule has 0 aliphatic heterocycles. The molecule has 130 valence electrons. The van der Waals surface area contributed by atoms with Gasteiger partial charge in [0.05, 0.1) is 0 Å². The minimum Gasteiger partial charge on any atom is -0.481 e. The van der Waals surface area contributed by atoms with Crippen molar-refractivity contribution in [1.82, 2.24) is 5.32 Å². The molecule has 0 aliphatic carbocycles. The molecule has 0 bridgehead atoms. The molecule has 1 aromatic rings. The fourth-order valence-electron chi connectivity index (χ4n) is 2.70. The lowest BCUT2D eigenvalue weighted by Crippen LogP contribution is -2.39. The second-order valence-corrected chi connectivity index (χ2v) is 6.63. The van der Waals surface area contributed by atoms with Gasteiger partial charge in [-0.05, 0) is 62.8 Å². The molecule has 1 aromatic carbocycles. The Hall–Kier alpha value is -1.51. The normalized spacial score (nSPS) is 13.5. The maximum absolute atomic E-state index is 12.3. The summed E-state index contributed by atoms with van der Waals surface area (Å²) in [6.45, 7) is 13.1. The van der Waals surface area contributed by atoms with Crippen LogP contribution >= 0.6 is 0 Å². The monoisotopic (exact) mass is 319 g/mol. The Kier molecular flexibility index (Phi) is 8.15. The van der Waals surface area contributed by atoms with E-state index in [0.29, 0.717) is 5.92 Å². The van der Waals surface area contributed by atoms with Crippen LogP contribution in [0.15, 0.2) is 12.1 Å². The van der Waals surface area contributed by atoms with Crippen LogP contribution in [0.2, 0.25) is 0 Å². The fraction of sp³-hybridized carbons (Fsp3) is 0.650. The number of rotatable bonds is 9. The first-order valence-corrected chi connectivity index (χ1v) is 8.91. The van der Waals surface area contributed by atoms with Gasteiger partial charge in [-0.1, -0.05) is 39.2 Å². The molecular weight excluding hydrogens is 286 g/mol. The van der Waals surface area contributed by atoms with Gasteiger partial charge in [0.2, 0.25) is 0 Å². The summed E-state index contributed by atoms with van der Waals surface area (Å²) in [5.74, 6) is 1.34. The second kappa shape index (κ2) is 9.59. The zero-order valence-corrected chi connectivity index (χ0v) is 15.7. The molecule has 0 aromatic heterocycles. The molecule has 1 N–H and O–H groups in total. The predicted molar refractivity (Wildman–Crippen MR) is 97.1 cm³/mol. The van der Waals surface area contributed by atoms with Gasteiger partial charge in [0, 0.05) is 6.54 Å². The number of nitrogens with one attached hydrogen (secondary N) is 1. The summed E-state index contributed by atoms with van der Waals surface area (Å²) >= 11 is 0. The molecule has 1 amide bonds. The Bertz CT molecular complexity index is 511. The molecule has 1 rings (SSSR count). The highest BCUT2D eigenvalue weighted by Gasteiger charge is 2.17. The quantitative estimate of drug-likeness (QED) is 0.715. The summed E-state index contributed by atoms with van der Waals surface area (Å²) in [5, 5.41) is 3.05. The van der Waals surface area contributed by atoms with Gasteiger partial charge in [-0.2, -0.15) is 0 Å². The van der Waals surface area contributed by atoms with Crippen molar-refractivity contribution in [2.45, 2.75) is 73.3 Å². The number of hydrogen-bond donors (Lipinski definition) is 1. The van der Waals surface area contributed by atoms with E-state index in [9.17, 15) is 4.79 Å². The molecule has 0 radical (unpaired) electrons. The highest BCUT2D eigenvalue weighted by molar-refractivity contribution is 5.80. The van der Waals surface area contributed by atoms with E-state index in [1.54, 1.807) is 0 Å². The summed E-state index contributed by atoms with van der Waals surface area (Å²) < 4.78 is 5.90. The van der Waals surface area contributed by atoms with Crippen molar-refractivity contribution in [2.24, 2.45) is 5.92 Å². The van der Waals surface area contributed by atoms with E-state index in [0.717, 1.165) is 29.8 Å². The zero-order chi connectivity index (χ0) is 17.4. The molecule has 3 heteroatoms. The second-order valence-electron chi connectivity index (χ2n) is 6.63. The van der Waals surface area contributed by atoms with E-state index in [2.05, 4.69) is 32.2 Å². The third-order valence-corrected chi connectivity index (χ3v) is 4.55. The number of benzene rings is 1. The standard InChI is InChI=1S/C20H33NO2/c1-7-9-10-18(8-2)13-21-20(22)17(6)23-19-12-14(3)11-15(4)16(19)5/h11-12,17-18H,7-10,13H2,1-6H3,(H,21,22)/t17-,18+/m0/s1. The van der Waals surface area contributed by atoms with Crippen LogP contribution in [0.25, 0.3) is 0 Å². The Morgan fingerprint density at radius 2 is 1.91 bits per heavy atom. The van der Waals surface area contributed by atoms with Crippen molar-refractivity contribution in [3.63, 3.8) is 0 Å². The Morgan fingerprint density at radius 3 is 2.52 bits per heavy atom. The van der Waals surface area contributed by atoms with Crippen LogP contribution in [0.1, 0.15) is 63.1 Å². The number of aryl methyl sites for hydroxylation is 2. The van der Waals surface area contributed by atoms with Crippen molar-refractivity contribution in [3.05, 3.63) is 28.8 Å². The van der Waals surface area contributed by atoms with Crippen LogP contribution < -0.4 is 10.1 Å². The number of carbonyl (C=O) groups is 1. The van der Waals surface area contributed by atoms with Gasteiger partial charge in [-0.3, -0.25) is 4.79 Å². The fourth-order valence-corrected chi connectivity index (χ4v) is 2.70. The maximum Gasteiger partial charge on any atom is 0.260 e. The van der Waals surface area contributed by atoms with Crippen LogP contribution in [0.5, 0.6) is 5.75 Å². The first kappa shape index (κ1) is 19.5. The van der Waals surface area contributed by atoms with Gasteiger partial charge in [0.25, 0.3) is 5.91 Å². The van der Waals surface area contributed by atoms with Gasteiger partial charge in [0.1, 0.15) is 5.75 Å². The van der Waals surface area contributed by atoms with Crippen molar-refractivity contribution in [1.29, 1.82) is 0 Å². The van der Waals surface area contributed by atoms with Crippen LogP contribution in [0.4, 0.5) is 0 Å². The third-order valence-electron chi connectivity index (χ3n) is 4.55. The molecule has 0 saturated heterocycles. The largest absolute Gasteiger partial charge is 0.481 e. The molecule has 0 heterocycles. The van der Waals surface area contributed by atoms with Crippen LogP contribution in [0, 0.1) is 26.7 Å². The highest BCUT2D eigenvalue weighted by Crippen LogP contribution is 2.24. The summed E-state index contributed by atoms with van der Waals surface area (Å²) in [5.41, 5.74) is 3.45. The first-order chi connectivity index (χ1) is 10.9. The SMILES string of the molecule is CCCC[C@@H](CC)CNC(=O)[C@H](C)Oc1cc(C)cc(C)c1C. The predicted octanol–water partition coefficient (Wildman–Crippen LogP) is 4.71. The number of amides is 1. The Balaban J connectivity index is 2.57. The molecule has 0 spiro atoms. The van der Waals surface area contributed by atoms with Gasteiger partial charge in [-0.25, -0.2) is 0 Å². The topological polar surface area (TPSA) is 38.3 Å². The summed E-state index contributed by atoms with van der Waals surface area (Å²) in [7, 11) is 0. The van der Waals surface area contributed by atoms with E-state index < -0.39 is 6.10 Å². The molecule has 2 atom stereocenters.